The van der Waals surface area contributed by atoms with Gasteiger partial charge >= 0.3 is 6.09 Å². The summed E-state index contributed by atoms with van der Waals surface area (Å²) in [6.07, 6.45) is 1.97. The zero-order chi connectivity index (χ0) is 18.1. The number of hydrogen-bond donors (Lipinski definition) is 1. The summed E-state index contributed by atoms with van der Waals surface area (Å²) >= 11 is 0. The van der Waals surface area contributed by atoms with Crippen LogP contribution in [0.5, 0.6) is 0 Å². The minimum absolute atomic E-state index is 0.146. The number of carbonyl (C=O) groups is 1. The van der Waals surface area contributed by atoms with Gasteiger partial charge in [0.2, 0.25) is 0 Å². The van der Waals surface area contributed by atoms with E-state index in [0.717, 1.165) is 17.8 Å². The van der Waals surface area contributed by atoms with Crippen LogP contribution in [0.1, 0.15) is 32.2 Å². The van der Waals surface area contributed by atoms with Crippen molar-refractivity contribution in [1.82, 2.24) is 14.8 Å². The molecule has 1 amide bonds. The van der Waals surface area contributed by atoms with Crippen molar-refractivity contribution in [3.63, 3.8) is 0 Å². The minimum Gasteiger partial charge on any atom is -0.444 e. The average molecular weight is 344 g/mol. The third-order valence-corrected chi connectivity index (χ3v) is 4.18. The molecule has 0 unspecified atom stereocenters. The fraction of sp³-hybridized carbons (Fsp3) is 0.500. The van der Waals surface area contributed by atoms with Crippen molar-refractivity contribution in [2.75, 3.05) is 18.5 Å². The van der Waals surface area contributed by atoms with Gasteiger partial charge in [0.05, 0.1) is 13.2 Å². The molecule has 0 bridgehead atoms. The summed E-state index contributed by atoms with van der Waals surface area (Å²) in [4.78, 5) is 12.0. The number of amides is 1. The second-order valence-corrected chi connectivity index (χ2v) is 7.52. The van der Waals surface area contributed by atoms with Crippen LogP contribution in [0.2, 0.25) is 0 Å². The van der Waals surface area contributed by atoms with E-state index in [4.69, 9.17) is 9.47 Å². The Bertz CT molecular complexity index is 760. The molecule has 1 saturated heterocycles. The smallest absolute Gasteiger partial charge is 0.412 e. The molecule has 1 fully saturated rings. The van der Waals surface area contributed by atoms with Gasteiger partial charge in [0.1, 0.15) is 17.8 Å². The van der Waals surface area contributed by atoms with E-state index in [1.807, 2.05) is 50.6 Å². The molecule has 1 aliphatic rings. The Labute approximate surface area is 147 Å². The van der Waals surface area contributed by atoms with Crippen LogP contribution in [0.3, 0.4) is 0 Å². The van der Waals surface area contributed by atoms with E-state index in [1.165, 1.54) is 0 Å². The van der Waals surface area contributed by atoms with Gasteiger partial charge in [-0.2, -0.15) is 0 Å². The van der Waals surface area contributed by atoms with E-state index in [2.05, 4.69) is 21.6 Å². The Morgan fingerprint density at radius 2 is 2.16 bits per heavy atom. The Morgan fingerprint density at radius 3 is 2.72 bits per heavy atom. The number of nitrogens with zero attached hydrogens (tertiary/aromatic N) is 3. The van der Waals surface area contributed by atoms with Crippen LogP contribution in [0.15, 0.2) is 30.6 Å². The highest BCUT2D eigenvalue weighted by molar-refractivity contribution is 5.85. The van der Waals surface area contributed by atoms with Crippen LogP contribution in [0.25, 0.3) is 0 Å². The SMILES string of the molecule is Cn1cnnc1CC1(c2cccc(NC(=O)OC(C)(C)C)c2)COC1. The van der Waals surface area contributed by atoms with Crippen molar-refractivity contribution < 1.29 is 14.3 Å². The predicted molar refractivity (Wildman–Crippen MR) is 93.5 cm³/mol. The molecule has 1 aromatic carbocycles. The number of carbonyl (C=O) groups excluding carboxylic acids is 1. The van der Waals surface area contributed by atoms with E-state index in [1.54, 1.807) is 6.33 Å². The first-order valence-corrected chi connectivity index (χ1v) is 8.29. The maximum atomic E-state index is 12.0. The summed E-state index contributed by atoms with van der Waals surface area (Å²) in [7, 11) is 1.93. The molecular formula is C18H24N4O3. The molecule has 0 saturated carbocycles. The number of nitrogens with one attached hydrogen (secondary N) is 1. The normalized spacial score (nSPS) is 16.2. The summed E-state index contributed by atoms with van der Waals surface area (Å²) in [5.41, 5.74) is 1.13. The maximum Gasteiger partial charge on any atom is 0.412 e. The highest BCUT2D eigenvalue weighted by atomic mass is 16.6. The number of benzene rings is 1. The summed E-state index contributed by atoms with van der Waals surface area (Å²) in [6.45, 7) is 6.76. The van der Waals surface area contributed by atoms with Crippen LogP contribution < -0.4 is 5.32 Å². The van der Waals surface area contributed by atoms with E-state index in [0.29, 0.717) is 18.9 Å². The first-order chi connectivity index (χ1) is 11.8. The van der Waals surface area contributed by atoms with Gasteiger partial charge in [-0.05, 0) is 38.5 Å². The highest BCUT2D eigenvalue weighted by Gasteiger charge is 2.41. The Balaban J connectivity index is 1.78. The molecule has 1 aromatic heterocycles. The number of hydrogen-bond acceptors (Lipinski definition) is 5. The first-order valence-electron chi connectivity index (χ1n) is 8.29. The zero-order valence-corrected chi connectivity index (χ0v) is 15.1. The van der Waals surface area contributed by atoms with Crippen LogP contribution in [0, 0.1) is 0 Å². The van der Waals surface area contributed by atoms with Crippen LogP contribution in [-0.4, -0.2) is 39.7 Å². The van der Waals surface area contributed by atoms with Crippen molar-refractivity contribution in [1.29, 1.82) is 0 Å². The largest absolute Gasteiger partial charge is 0.444 e. The summed E-state index contributed by atoms with van der Waals surface area (Å²) in [5, 5.41) is 10.9. The van der Waals surface area contributed by atoms with E-state index in [9.17, 15) is 4.79 Å². The quantitative estimate of drug-likeness (QED) is 0.922. The third kappa shape index (κ3) is 3.99. The second-order valence-electron chi connectivity index (χ2n) is 7.52. The molecule has 0 aliphatic carbocycles. The zero-order valence-electron chi connectivity index (χ0n) is 15.1. The summed E-state index contributed by atoms with van der Waals surface area (Å²) < 4.78 is 12.7. The van der Waals surface area contributed by atoms with E-state index >= 15 is 0 Å². The Morgan fingerprint density at radius 1 is 1.40 bits per heavy atom. The molecule has 1 N–H and O–H groups in total. The molecule has 0 atom stereocenters. The van der Waals surface area contributed by atoms with Crippen molar-refractivity contribution in [3.05, 3.63) is 42.0 Å². The highest BCUT2D eigenvalue weighted by Crippen LogP contribution is 2.36. The van der Waals surface area contributed by atoms with Crippen molar-refractivity contribution >= 4 is 11.8 Å². The Hall–Kier alpha value is -2.41. The molecule has 25 heavy (non-hydrogen) atoms. The van der Waals surface area contributed by atoms with Gasteiger partial charge in [-0.3, -0.25) is 5.32 Å². The summed E-state index contributed by atoms with van der Waals surface area (Å²) in [5.74, 6) is 0.911. The third-order valence-electron chi connectivity index (χ3n) is 4.18. The van der Waals surface area contributed by atoms with Gasteiger partial charge < -0.3 is 14.0 Å². The number of aryl methyl sites for hydroxylation is 1. The van der Waals surface area contributed by atoms with Crippen molar-refractivity contribution in [2.45, 2.75) is 38.2 Å². The molecule has 134 valence electrons. The number of anilines is 1. The van der Waals surface area contributed by atoms with Gasteiger partial charge in [-0.25, -0.2) is 4.79 Å². The van der Waals surface area contributed by atoms with Gasteiger partial charge in [0.15, 0.2) is 0 Å². The average Bonchev–Trinajstić information content (AvgIpc) is 2.86. The minimum atomic E-state index is -0.532. The van der Waals surface area contributed by atoms with E-state index < -0.39 is 11.7 Å². The Kier molecular flexibility index (Phi) is 4.51. The van der Waals surface area contributed by atoms with Crippen molar-refractivity contribution in [3.8, 4) is 0 Å². The van der Waals surface area contributed by atoms with Gasteiger partial charge in [0.25, 0.3) is 0 Å². The van der Waals surface area contributed by atoms with Crippen LogP contribution >= 0.6 is 0 Å². The molecule has 1 aliphatic heterocycles. The second kappa shape index (κ2) is 6.48. The first kappa shape index (κ1) is 17.4. The molecule has 2 aromatic rings. The molecule has 0 spiro atoms. The van der Waals surface area contributed by atoms with Crippen molar-refractivity contribution in [2.24, 2.45) is 7.05 Å². The monoisotopic (exact) mass is 344 g/mol. The molecule has 7 nitrogen and oxygen atoms in total. The lowest BCUT2D eigenvalue weighted by Gasteiger charge is -2.41. The molecule has 0 radical (unpaired) electrons. The molecule has 7 heteroatoms. The lowest BCUT2D eigenvalue weighted by atomic mass is 9.75. The fourth-order valence-corrected chi connectivity index (χ4v) is 2.84. The topological polar surface area (TPSA) is 78.3 Å². The van der Waals surface area contributed by atoms with E-state index in [-0.39, 0.29) is 5.41 Å². The summed E-state index contributed by atoms with van der Waals surface area (Å²) in [6, 6.07) is 7.81. The maximum absolute atomic E-state index is 12.0. The molecule has 3 rings (SSSR count). The van der Waals surface area contributed by atoms with Crippen LogP contribution in [0.4, 0.5) is 10.5 Å². The van der Waals surface area contributed by atoms with Crippen LogP contribution in [-0.2, 0) is 28.4 Å². The number of aromatic nitrogens is 3. The van der Waals surface area contributed by atoms with Gasteiger partial charge in [-0.15, -0.1) is 10.2 Å². The fourth-order valence-electron chi connectivity index (χ4n) is 2.84. The lowest BCUT2D eigenvalue weighted by Crippen LogP contribution is -2.49. The standard InChI is InChI=1S/C18H24N4O3/c1-17(2,3)25-16(23)20-14-7-5-6-13(8-14)18(10-24-11-18)9-15-21-19-12-22(15)4/h5-8,12H,9-11H2,1-4H3,(H,20,23). The molecular weight excluding hydrogens is 320 g/mol. The van der Waals surface area contributed by atoms with Gasteiger partial charge in [-0.1, -0.05) is 12.1 Å². The number of rotatable bonds is 4. The predicted octanol–water partition coefficient (Wildman–Crippen LogP) is 2.67. The lowest BCUT2D eigenvalue weighted by molar-refractivity contribution is -0.0610. The molecule has 2 heterocycles. The van der Waals surface area contributed by atoms with Gasteiger partial charge in [0, 0.05) is 24.6 Å². The number of ether oxygens (including phenoxy) is 2.